The molecule has 2 aliphatic carbocycles. The quantitative estimate of drug-likeness (QED) is 0.182. The number of fused-ring (bicyclic) bond motifs is 2. The first-order chi connectivity index (χ1) is 13.4. The number of Topliss-reactive ketones (excluding diaryl/α,β-unsaturated/α-hetero) is 2. The van der Waals surface area contributed by atoms with Crippen LogP contribution in [0.4, 0.5) is 0 Å². The molecule has 0 aromatic rings. The van der Waals surface area contributed by atoms with E-state index >= 15 is 0 Å². The van der Waals surface area contributed by atoms with E-state index in [1.165, 1.54) is 18.6 Å². The van der Waals surface area contributed by atoms with Gasteiger partial charge >= 0.3 is 0 Å². The third kappa shape index (κ3) is 8.34. The first-order valence-electron chi connectivity index (χ1n) is 9.54. The number of aliphatic hydroxyl groups excluding tert-OH is 1. The molecule has 0 radical (unpaired) electrons. The average Bonchev–Trinajstić information content (AvgIpc) is 2.87. The predicted molar refractivity (Wildman–Crippen MR) is 112 cm³/mol. The van der Waals surface area contributed by atoms with Gasteiger partial charge in [0.05, 0.1) is 12.0 Å². The van der Waals surface area contributed by atoms with Gasteiger partial charge in [-0.3, -0.25) is 14.3 Å². The fraction of sp³-hybridized carbons (Fsp3) is 0.700. The largest absolute Gasteiger partial charge is 0.395 e. The van der Waals surface area contributed by atoms with Crippen LogP contribution < -0.4 is 4.72 Å². The van der Waals surface area contributed by atoms with E-state index in [-0.39, 0.29) is 30.5 Å². The molecular weight excluding hydrogens is 380 g/mol. The second-order valence-corrected chi connectivity index (χ2v) is 8.06. The van der Waals surface area contributed by atoms with Crippen LogP contribution in [0.25, 0.3) is 0 Å². The van der Waals surface area contributed by atoms with Crippen LogP contribution in [-0.4, -0.2) is 73.7 Å². The van der Waals surface area contributed by atoms with Gasteiger partial charge in [0.1, 0.15) is 18.9 Å². The van der Waals surface area contributed by atoms with Gasteiger partial charge in [0.15, 0.2) is 5.78 Å². The molecule has 2 rings (SSSR count). The molecule has 2 saturated carbocycles. The minimum atomic E-state index is -1.03. The Morgan fingerprint density at radius 1 is 1.36 bits per heavy atom. The van der Waals surface area contributed by atoms with E-state index < -0.39 is 5.41 Å². The second kappa shape index (κ2) is 14.6. The Labute approximate surface area is 172 Å². The predicted octanol–water partition coefficient (Wildman–Crippen LogP) is 1.44. The summed E-state index contributed by atoms with van der Waals surface area (Å²) in [4.78, 5) is 43.8. The highest BCUT2D eigenvalue weighted by Crippen LogP contribution is 2.48. The molecule has 8 heteroatoms. The molecule has 0 aliphatic heterocycles. The van der Waals surface area contributed by atoms with Crippen LogP contribution in [0, 0.1) is 11.3 Å². The van der Waals surface area contributed by atoms with Crippen LogP contribution in [0.5, 0.6) is 0 Å². The van der Waals surface area contributed by atoms with Gasteiger partial charge in [0.25, 0.3) is 0 Å². The van der Waals surface area contributed by atoms with Crippen LogP contribution in [0.3, 0.4) is 0 Å². The van der Waals surface area contributed by atoms with Crippen LogP contribution >= 0.6 is 11.9 Å². The zero-order valence-electron chi connectivity index (χ0n) is 17.1. The van der Waals surface area contributed by atoms with Gasteiger partial charge in [-0.15, -0.1) is 0 Å². The zero-order chi connectivity index (χ0) is 21.6. The van der Waals surface area contributed by atoms with E-state index in [0.717, 1.165) is 19.6 Å². The number of allylic oxidation sites excluding steroid dienone is 1. The molecule has 2 fully saturated rings. The Morgan fingerprint density at radius 2 is 2.04 bits per heavy atom. The third-order valence-electron chi connectivity index (χ3n) is 4.84. The van der Waals surface area contributed by atoms with Crippen molar-refractivity contribution in [2.24, 2.45) is 11.3 Å². The molecule has 2 bridgehead atoms. The van der Waals surface area contributed by atoms with Crippen molar-refractivity contribution in [3.05, 3.63) is 12.2 Å². The van der Waals surface area contributed by atoms with Gasteiger partial charge in [0.2, 0.25) is 0 Å². The van der Waals surface area contributed by atoms with Crippen LogP contribution in [-0.2, 0) is 19.2 Å². The van der Waals surface area contributed by atoms with Crippen LogP contribution in [0.15, 0.2) is 12.2 Å². The number of nitrogens with zero attached hydrogens (tertiary/aromatic N) is 1. The highest BCUT2D eigenvalue weighted by Gasteiger charge is 2.53. The summed E-state index contributed by atoms with van der Waals surface area (Å²) in [5.41, 5.74) is -0.560. The maximum Gasteiger partial charge on any atom is 0.172 e. The summed E-state index contributed by atoms with van der Waals surface area (Å²) in [6, 6.07) is 0. The van der Waals surface area contributed by atoms with Crippen LogP contribution in [0.2, 0.25) is 0 Å². The molecular formula is C20H34N2O5S. The lowest BCUT2D eigenvalue weighted by atomic mass is 9.76. The van der Waals surface area contributed by atoms with E-state index in [9.17, 15) is 14.4 Å². The Balaban J connectivity index is 0.000000478. The number of likely N-dealkylation sites (N-methyl/N-ethyl adjacent to an activating group) is 1. The first-order valence-corrected chi connectivity index (χ1v) is 10.5. The van der Waals surface area contributed by atoms with Gasteiger partial charge in [0, 0.05) is 38.2 Å². The molecule has 2 atom stereocenters. The molecule has 0 amide bonds. The lowest BCUT2D eigenvalue weighted by Gasteiger charge is -2.23. The second-order valence-electron chi connectivity index (χ2n) is 7.07. The molecule has 160 valence electrons. The zero-order valence-corrected chi connectivity index (χ0v) is 17.9. The van der Waals surface area contributed by atoms with Crippen molar-refractivity contribution in [2.75, 3.05) is 39.0 Å². The summed E-state index contributed by atoms with van der Waals surface area (Å²) >= 11 is 1.80. The smallest absolute Gasteiger partial charge is 0.172 e. The molecule has 2 N–H and O–H groups in total. The number of aliphatic hydroxyl groups is 1. The number of hydrogen-bond acceptors (Lipinski definition) is 8. The number of carbonyl (C=O) groups excluding carboxylic acids is 4. The van der Waals surface area contributed by atoms with E-state index in [1.54, 1.807) is 11.9 Å². The van der Waals surface area contributed by atoms with Gasteiger partial charge in [-0.05, 0) is 31.4 Å². The van der Waals surface area contributed by atoms with Crippen molar-refractivity contribution >= 4 is 36.6 Å². The Kier molecular flexibility index (Phi) is 13.9. The van der Waals surface area contributed by atoms with E-state index in [2.05, 4.69) is 23.1 Å². The van der Waals surface area contributed by atoms with Crippen molar-refractivity contribution in [3.8, 4) is 0 Å². The maximum absolute atomic E-state index is 11.6. The highest BCUT2D eigenvalue weighted by atomic mass is 32.2. The summed E-state index contributed by atoms with van der Waals surface area (Å²) in [6.07, 6.45) is 4.16. The number of ketones is 2. The van der Waals surface area contributed by atoms with Crippen molar-refractivity contribution in [3.63, 3.8) is 0 Å². The first kappa shape index (κ1) is 26.6. The number of carbonyl (C=O) groups is 4. The Bertz CT molecular complexity index is 529. The molecule has 0 saturated heterocycles. The normalized spacial score (nSPS) is 23.0. The summed E-state index contributed by atoms with van der Waals surface area (Å²) in [7, 11) is 2.02. The topological polar surface area (TPSA) is 104 Å². The SMILES string of the molecule is C=C1C(=O)C2(C=O)CC(=O)CC1C2.C=O.CCCCSNCCN(C)CCO. The van der Waals surface area contributed by atoms with Gasteiger partial charge in [-0.25, -0.2) is 0 Å². The molecule has 28 heavy (non-hydrogen) atoms. The molecule has 7 nitrogen and oxygen atoms in total. The molecule has 0 spiro atoms. The number of hydrogen-bond donors (Lipinski definition) is 2. The Morgan fingerprint density at radius 3 is 2.61 bits per heavy atom. The highest BCUT2D eigenvalue weighted by molar-refractivity contribution is 7.97. The molecule has 0 aromatic heterocycles. The van der Waals surface area contributed by atoms with Crippen molar-refractivity contribution in [2.45, 2.75) is 39.0 Å². The fourth-order valence-corrected chi connectivity index (χ4v) is 4.04. The summed E-state index contributed by atoms with van der Waals surface area (Å²) < 4.78 is 3.30. The molecule has 0 aromatic carbocycles. The molecule has 0 heterocycles. The van der Waals surface area contributed by atoms with Crippen LogP contribution in [0.1, 0.15) is 39.0 Å². The summed E-state index contributed by atoms with van der Waals surface area (Å²) in [5, 5.41) is 8.64. The minimum Gasteiger partial charge on any atom is -0.395 e. The van der Waals surface area contributed by atoms with Crippen molar-refractivity contribution in [1.82, 2.24) is 9.62 Å². The lowest BCUT2D eigenvalue weighted by Crippen LogP contribution is -2.33. The van der Waals surface area contributed by atoms with E-state index in [1.807, 2.05) is 13.8 Å². The molecule has 2 unspecified atom stereocenters. The number of rotatable bonds is 10. The van der Waals surface area contributed by atoms with E-state index in [0.29, 0.717) is 24.7 Å². The van der Waals surface area contributed by atoms with Gasteiger partial charge < -0.3 is 19.6 Å². The van der Waals surface area contributed by atoms with Gasteiger partial charge in [-0.2, -0.15) is 0 Å². The van der Waals surface area contributed by atoms with Gasteiger partial charge in [-0.1, -0.05) is 31.9 Å². The fourth-order valence-electron chi connectivity index (χ4n) is 3.23. The number of nitrogens with one attached hydrogen (secondary N) is 1. The molecule has 2 aliphatic rings. The number of unbranched alkanes of at least 4 members (excludes halogenated alkanes) is 1. The average molecular weight is 415 g/mol. The lowest BCUT2D eigenvalue weighted by molar-refractivity contribution is -0.137. The number of aldehydes is 1. The third-order valence-corrected chi connectivity index (χ3v) is 5.74. The monoisotopic (exact) mass is 414 g/mol. The van der Waals surface area contributed by atoms with Crippen molar-refractivity contribution < 1.29 is 24.3 Å². The van der Waals surface area contributed by atoms with E-state index in [4.69, 9.17) is 9.90 Å². The maximum atomic E-state index is 11.6. The summed E-state index contributed by atoms with van der Waals surface area (Å²) in [6.45, 7) is 10.9. The van der Waals surface area contributed by atoms with Crippen molar-refractivity contribution in [1.29, 1.82) is 0 Å². The standard InChI is InChI=1S/C10H10O3.C9H22N2OS.CH2O/c1-6-7-2-8(12)4-10(3-7,5-11)9(6)13;1-3-4-9-13-10-5-6-11(2)7-8-12;1-2/h5,7H,1-4H2;10,12H,3-9H2,1-2H3;1H2. The minimum absolute atomic E-state index is 0.00958. The summed E-state index contributed by atoms with van der Waals surface area (Å²) in [5.74, 6) is 0.924. The Hall–Kier alpha value is -1.35.